The van der Waals surface area contributed by atoms with Crippen molar-refractivity contribution >= 4 is 23.6 Å². The van der Waals surface area contributed by atoms with E-state index < -0.39 is 5.97 Å². The molecule has 1 heterocycles. The number of hydrogen-bond acceptors (Lipinski definition) is 3. The molecule has 0 bridgehead atoms. The second-order valence-electron chi connectivity index (χ2n) is 7.02. The largest absolute Gasteiger partial charge is 0.478 e. The van der Waals surface area contributed by atoms with Crippen LogP contribution in [-0.2, 0) is 11.2 Å². The molecule has 1 amide bonds. The fourth-order valence-corrected chi connectivity index (χ4v) is 4.62. The van der Waals surface area contributed by atoms with E-state index in [9.17, 15) is 14.7 Å². The number of rotatable bonds is 6. The van der Waals surface area contributed by atoms with Gasteiger partial charge in [0.05, 0.1) is 10.8 Å². The first-order chi connectivity index (χ1) is 13.0. The topological polar surface area (TPSA) is 57.6 Å². The van der Waals surface area contributed by atoms with E-state index in [1.165, 1.54) is 17.3 Å². The number of amides is 1. The van der Waals surface area contributed by atoms with Crippen LogP contribution in [0.25, 0.3) is 0 Å². The van der Waals surface area contributed by atoms with Gasteiger partial charge in [-0.25, -0.2) is 4.79 Å². The highest BCUT2D eigenvalue weighted by atomic mass is 32.2. The van der Waals surface area contributed by atoms with Gasteiger partial charge in [-0.2, -0.15) is 0 Å². The summed E-state index contributed by atoms with van der Waals surface area (Å²) in [5.41, 5.74) is 1.61. The van der Waals surface area contributed by atoms with E-state index in [0.29, 0.717) is 10.8 Å². The van der Waals surface area contributed by atoms with E-state index in [1.54, 1.807) is 24.3 Å². The number of carboxylic acids is 1. The molecule has 1 aliphatic rings. The molecule has 2 aromatic rings. The smallest absolute Gasteiger partial charge is 0.336 e. The minimum absolute atomic E-state index is 0.0957. The normalized spacial score (nSPS) is 16.1. The van der Waals surface area contributed by atoms with E-state index in [0.717, 1.165) is 32.4 Å². The van der Waals surface area contributed by atoms with Crippen LogP contribution in [-0.4, -0.2) is 40.2 Å². The second-order valence-corrected chi connectivity index (χ2v) is 8.40. The third-order valence-corrected chi connectivity index (χ3v) is 6.23. The zero-order chi connectivity index (χ0) is 19.2. The average Bonchev–Trinajstić information content (AvgIpc) is 2.69. The summed E-state index contributed by atoms with van der Waals surface area (Å²) < 4.78 is 0. The number of benzene rings is 2. The predicted molar refractivity (Wildman–Crippen MR) is 108 cm³/mol. The maximum atomic E-state index is 12.8. The van der Waals surface area contributed by atoms with Crippen LogP contribution in [0.4, 0.5) is 0 Å². The predicted octanol–water partition coefficient (Wildman–Crippen LogP) is 4.35. The summed E-state index contributed by atoms with van der Waals surface area (Å²) in [6.45, 7) is 3.42. The molecule has 4 nitrogen and oxygen atoms in total. The van der Waals surface area contributed by atoms with Gasteiger partial charge in [0, 0.05) is 18.0 Å². The molecule has 0 unspecified atom stereocenters. The number of carbonyl (C=O) groups excluding carboxylic acids is 1. The van der Waals surface area contributed by atoms with Gasteiger partial charge in [-0.15, -0.1) is 11.8 Å². The zero-order valence-electron chi connectivity index (χ0n) is 15.5. The molecule has 1 atom stereocenters. The summed E-state index contributed by atoms with van der Waals surface area (Å²) in [6.07, 6.45) is 3.10. The third kappa shape index (κ3) is 5.13. The average molecular weight is 384 g/mol. The number of carboxylic acid groups (broad SMARTS) is 1. The molecule has 1 fully saturated rings. The van der Waals surface area contributed by atoms with Gasteiger partial charge in [0.15, 0.2) is 0 Å². The molecule has 0 saturated carbocycles. The van der Waals surface area contributed by atoms with Crippen LogP contribution in [0.3, 0.4) is 0 Å². The Kier molecular flexibility index (Phi) is 6.56. The van der Waals surface area contributed by atoms with Crippen molar-refractivity contribution in [3.8, 4) is 0 Å². The number of hydrogen-bond donors (Lipinski definition) is 1. The molecule has 3 rings (SSSR count). The molecule has 1 aliphatic heterocycles. The molecule has 1 saturated heterocycles. The molecular formula is C22H25NO3S. The Labute approximate surface area is 164 Å². The number of thioether (sulfide) groups is 1. The molecule has 142 valence electrons. The van der Waals surface area contributed by atoms with Crippen molar-refractivity contribution in [2.45, 2.75) is 36.3 Å². The maximum Gasteiger partial charge on any atom is 0.336 e. The first kappa shape index (κ1) is 19.5. The highest BCUT2D eigenvalue weighted by molar-refractivity contribution is 8.00. The number of carbonyl (C=O) groups is 2. The minimum atomic E-state index is -0.959. The Morgan fingerprint density at radius 2 is 1.70 bits per heavy atom. The summed E-state index contributed by atoms with van der Waals surface area (Å²) >= 11 is 1.33. The van der Waals surface area contributed by atoms with Gasteiger partial charge in [-0.1, -0.05) is 42.5 Å². The van der Waals surface area contributed by atoms with Crippen LogP contribution in [0.15, 0.2) is 59.5 Å². The summed E-state index contributed by atoms with van der Waals surface area (Å²) in [6, 6.07) is 17.4. The third-order valence-electron chi connectivity index (χ3n) is 5.06. The first-order valence-electron chi connectivity index (χ1n) is 9.36. The van der Waals surface area contributed by atoms with Gasteiger partial charge in [0.1, 0.15) is 0 Å². The van der Waals surface area contributed by atoms with Crippen LogP contribution >= 0.6 is 11.8 Å². The summed E-state index contributed by atoms with van der Waals surface area (Å²) in [5, 5.41) is 9.01. The van der Waals surface area contributed by atoms with Crippen molar-refractivity contribution < 1.29 is 14.7 Å². The molecule has 2 aromatic carbocycles. The van der Waals surface area contributed by atoms with Crippen molar-refractivity contribution in [3.05, 3.63) is 65.7 Å². The fraction of sp³-hybridized carbons (Fsp3) is 0.364. The quantitative estimate of drug-likeness (QED) is 0.754. The maximum absolute atomic E-state index is 12.8. The highest BCUT2D eigenvalue weighted by Crippen LogP contribution is 2.29. The summed E-state index contributed by atoms with van der Waals surface area (Å²) in [4.78, 5) is 26.7. The Morgan fingerprint density at radius 3 is 2.37 bits per heavy atom. The standard InChI is InChI=1S/C22H25NO3S/c1-16(27-20-10-6-5-9-19(20)22(25)26)21(24)23-13-11-18(12-14-23)15-17-7-3-2-4-8-17/h2-10,16,18H,11-15H2,1H3,(H,25,26)/t16-/m0/s1. The lowest BCUT2D eigenvalue weighted by atomic mass is 9.90. The molecule has 5 heteroatoms. The zero-order valence-corrected chi connectivity index (χ0v) is 16.3. The Bertz CT molecular complexity index is 785. The molecular weight excluding hydrogens is 358 g/mol. The Morgan fingerprint density at radius 1 is 1.07 bits per heavy atom. The molecule has 27 heavy (non-hydrogen) atoms. The van der Waals surface area contributed by atoms with Gasteiger partial charge in [0.2, 0.25) is 5.91 Å². The Balaban J connectivity index is 1.54. The van der Waals surface area contributed by atoms with Gasteiger partial charge in [0.25, 0.3) is 0 Å². The van der Waals surface area contributed by atoms with Crippen molar-refractivity contribution in [3.63, 3.8) is 0 Å². The number of aromatic carboxylic acids is 1. The van der Waals surface area contributed by atoms with Gasteiger partial charge in [-0.05, 0) is 49.8 Å². The Hall–Kier alpha value is -2.27. The van der Waals surface area contributed by atoms with Crippen molar-refractivity contribution in [1.82, 2.24) is 4.90 Å². The molecule has 0 aliphatic carbocycles. The molecule has 0 spiro atoms. The lowest BCUT2D eigenvalue weighted by Crippen LogP contribution is -2.42. The molecule has 0 aromatic heterocycles. The summed E-state index contributed by atoms with van der Waals surface area (Å²) in [5.74, 6) is -0.245. The lowest BCUT2D eigenvalue weighted by molar-refractivity contribution is -0.131. The SMILES string of the molecule is C[C@H](Sc1ccccc1C(=O)O)C(=O)N1CCC(Cc2ccccc2)CC1. The monoisotopic (exact) mass is 383 g/mol. The van der Waals surface area contributed by atoms with Gasteiger partial charge in [-0.3, -0.25) is 4.79 Å². The second kappa shape index (κ2) is 9.09. The van der Waals surface area contributed by atoms with Crippen LogP contribution in [0.2, 0.25) is 0 Å². The van der Waals surface area contributed by atoms with E-state index in [2.05, 4.69) is 24.3 Å². The van der Waals surface area contributed by atoms with Gasteiger partial charge >= 0.3 is 5.97 Å². The lowest BCUT2D eigenvalue weighted by Gasteiger charge is -2.33. The van der Waals surface area contributed by atoms with Crippen LogP contribution in [0.5, 0.6) is 0 Å². The van der Waals surface area contributed by atoms with E-state index >= 15 is 0 Å². The minimum Gasteiger partial charge on any atom is -0.478 e. The van der Waals surface area contributed by atoms with Gasteiger partial charge < -0.3 is 10.0 Å². The van der Waals surface area contributed by atoms with E-state index in [1.807, 2.05) is 17.9 Å². The molecule has 0 radical (unpaired) electrons. The number of likely N-dealkylation sites (tertiary alicyclic amines) is 1. The van der Waals surface area contributed by atoms with E-state index in [4.69, 9.17) is 0 Å². The number of nitrogens with zero attached hydrogens (tertiary/aromatic N) is 1. The van der Waals surface area contributed by atoms with Crippen molar-refractivity contribution in [1.29, 1.82) is 0 Å². The van der Waals surface area contributed by atoms with E-state index in [-0.39, 0.29) is 16.7 Å². The molecule has 1 N–H and O–H groups in total. The van der Waals surface area contributed by atoms with Crippen molar-refractivity contribution in [2.24, 2.45) is 5.92 Å². The fourth-order valence-electron chi connectivity index (χ4n) is 3.55. The highest BCUT2D eigenvalue weighted by Gasteiger charge is 2.27. The first-order valence-corrected chi connectivity index (χ1v) is 10.2. The van der Waals surface area contributed by atoms with Crippen LogP contribution in [0, 0.1) is 5.92 Å². The van der Waals surface area contributed by atoms with Crippen LogP contribution < -0.4 is 0 Å². The number of piperidine rings is 1. The van der Waals surface area contributed by atoms with Crippen LogP contribution in [0.1, 0.15) is 35.7 Å². The van der Waals surface area contributed by atoms with Crippen molar-refractivity contribution in [2.75, 3.05) is 13.1 Å². The summed E-state index contributed by atoms with van der Waals surface area (Å²) in [7, 11) is 0.